The van der Waals surface area contributed by atoms with Crippen LogP contribution in [0, 0.1) is 0 Å². The summed E-state index contributed by atoms with van der Waals surface area (Å²) in [4.78, 5) is 0. The normalized spacial score (nSPS) is 52.0. The molecule has 0 saturated carbocycles. The molecular weight excluding hydrogens is 636 g/mol. The summed E-state index contributed by atoms with van der Waals surface area (Å²) in [5.41, 5.74) is 0. The fraction of sp³-hybridized carbons (Fsp3) is 1.00. The Morgan fingerprint density at radius 2 is 0.674 bits per heavy atom. The van der Waals surface area contributed by atoms with Crippen molar-refractivity contribution in [2.24, 2.45) is 0 Å². The number of aliphatic hydroxyl groups is 13. The lowest BCUT2D eigenvalue weighted by atomic mass is 9.95. The van der Waals surface area contributed by atoms with Crippen LogP contribution in [0.2, 0.25) is 0 Å². The third-order valence-electron chi connectivity index (χ3n) is 8.45. The van der Waals surface area contributed by atoms with Crippen molar-refractivity contribution < 1.29 is 104 Å². The van der Waals surface area contributed by atoms with E-state index in [4.69, 9.17) is 37.9 Å². The summed E-state index contributed by atoms with van der Waals surface area (Å²) in [6, 6.07) is 0. The van der Waals surface area contributed by atoms with Gasteiger partial charge in [0.05, 0.1) is 26.4 Å². The maximum absolute atomic E-state index is 10.9. The molecule has 4 saturated heterocycles. The second-order valence-corrected chi connectivity index (χ2v) is 11.4. The molecule has 4 fully saturated rings. The first-order valence-electron chi connectivity index (χ1n) is 14.5. The first kappa shape index (κ1) is 38.0. The van der Waals surface area contributed by atoms with E-state index >= 15 is 0 Å². The first-order valence-corrected chi connectivity index (χ1v) is 14.5. The molecule has 21 nitrogen and oxygen atoms in total. The van der Waals surface area contributed by atoms with E-state index in [1.807, 2.05) is 0 Å². The monoisotopic (exact) mass is 680 g/mol. The Morgan fingerprint density at radius 1 is 0.391 bits per heavy atom. The molecule has 0 aliphatic carbocycles. The molecule has 13 N–H and O–H groups in total. The van der Waals surface area contributed by atoms with Crippen LogP contribution >= 0.6 is 0 Å². The van der Waals surface area contributed by atoms with Crippen molar-refractivity contribution in [1.29, 1.82) is 0 Å². The van der Waals surface area contributed by atoms with E-state index in [2.05, 4.69) is 0 Å². The summed E-state index contributed by atoms with van der Waals surface area (Å²) in [5, 5.41) is 133. The molecule has 4 aliphatic rings. The van der Waals surface area contributed by atoms with Gasteiger partial charge in [0.15, 0.2) is 25.2 Å². The zero-order valence-electron chi connectivity index (χ0n) is 24.5. The fourth-order valence-electron chi connectivity index (χ4n) is 5.82. The number of hydrogen-bond acceptors (Lipinski definition) is 21. The molecule has 0 bridgehead atoms. The van der Waals surface area contributed by atoms with Gasteiger partial charge in [-0.1, -0.05) is 0 Å². The predicted octanol–water partition coefficient (Wildman–Crippen LogP) is -9.09. The number of hydrogen-bond donors (Lipinski definition) is 13. The maximum atomic E-state index is 10.9. The van der Waals surface area contributed by atoms with Gasteiger partial charge >= 0.3 is 0 Å². The second kappa shape index (κ2) is 16.2. The van der Waals surface area contributed by atoms with E-state index in [0.29, 0.717) is 0 Å². The fourth-order valence-corrected chi connectivity index (χ4v) is 5.82. The SMILES string of the molecule is CO[C@@H]1C(CO)O[C@@H](O[C@@H]2C(CO)O[C@@H](O[C@@H]3C(CO)O[C@@H](O[C@@H]4C(CO)O[C@@H](O)C(O)C4O)C(O)C3O)C(O)C2O)C(O)C1O. The zero-order valence-corrected chi connectivity index (χ0v) is 24.5. The molecule has 0 aromatic carbocycles. The van der Waals surface area contributed by atoms with Gasteiger partial charge in [-0.2, -0.15) is 0 Å². The minimum absolute atomic E-state index is 0.647. The Hall–Kier alpha value is -0.840. The highest BCUT2D eigenvalue weighted by molar-refractivity contribution is 4.97. The highest BCUT2D eigenvalue weighted by Gasteiger charge is 2.55. The lowest BCUT2D eigenvalue weighted by Crippen LogP contribution is -2.67. The lowest BCUT2D eigenvalue weighted by Gasteiger charge is -2.49. The van der Waals surface area contributed by atoms with Crippen LogP contribution in [0.15, 0.2) is 0 Å². The van der Waals surface area contributed by atoms with Crippen LogP contribution in [0.3, 0.4) is 0 Å². The summed E-state index contributed by atoms with van der Waals surface area (Å²) >= 11 is 0. The van der Waals surface area contributed by atoms with Crippen molar-refractivity contribution in [2.45, 2.75) is 123 Å². The van der Waals surface area contributed by atoms with E-state index < -0.39 is 149 Å². The Bertz CT molecular complexity index is 926. The topological polar surface area (TPSA) is 337 Å². The van der Waals surface area contributed by atoms with Gasteiger partial charge in [0, 0.05) is 7.11 Å². The Kier molecular flexibility index (Phi) is 13.4. The Morgan fingerprint density at radius 3 is 1.00 bits per heavy atom. The van der Waals surface area contributed by atoms with Crippen LogP contribution in [0.25, 0.3) is 0 Å². The first-order chi connectivity index (χ1) is 21.8. The third-order valence-corrected chi connectivity index (χ3v) is 8.45. The molecule has 4 rings (SSSR count). The quantitative estimate of drug-likeness (QED) is 0.0963. The smallest absolute Gasteiger partial charge is 0.187 e. The molecule has 20 atom stereocenters. The third kappa shape index (κ3) is 7.50. The average molecular weight is 681 g/mol. The van der Waals surface area contributed by atoms with Crippen molar-refractivity contribution in [3.63, 3.8) is 0 Å². The molecule has 0 spiro atoms. The molecule has 0 aromatic rings. The molecule has 12 unspecified atom stereocenters. The van der Waals surface area contributed by atoms with Crippen LogP contribution in [0.4, 0.5) is 0 Å². The average Bonchev–Trinajstić information content (AvgIpc) is 3.05. The molecule has 21 heteroatoms. The number of aliphatic hydroxyl groups excluding tert-OH is 13. The predicted molar refractivity (Wildman–Crippen MR) is 139 cm³/mol. The van der Waals surface area contributed by atoms with Crippen LogP contribution in [-0.4, -0.2) is 223 Å². The van der Waals surface area contributed by atoms with Crippen molar-refractivity contribution in [3.05, 3.63) is 0 Å². The summed E-state index contributed by atoms with van der Waals surface area (Å²) in [7, 11) is 1.21. The van der Waals surface area contributed by atoms with E-state index in [-0.39, 0.29) is 0 Å². The minimum Gasteiger partial charge on any atom is -0.394 e. The summed E-state index contributed by atoms with van der Waals surface area (Å²) in [5.74, 6) is 0. The number of methoxy groups -OCH3 is 1. The molecular formula is C25H44O21. The van der Waals surface area contributed by atoms with Gasteiger partial charge in [0.1, 0.15) is 97.7 Å². The highest BCUT2D eigenvalue weighted by Crippen LogP contribution is 2.34. The van der Waals surface area contributed by atoms with Crippen molar-refractivity contribution in [2.75, 3.05) is 33.5 Å². The summed E-state index contributed by atoms with van der Waals surface area (Å²) in [6.45, 7) is -3.21. The van der Waals surface area contributed by atoms with E-state index in [9.17, 15) is 66.4 Å². The Labute approximate surface area is 261 Å². The second-order valence-electron chi connectivity index (χ2n) is 11.4. The minimum atomic E-state index is -2.00. The molecule has 46 heavy (non-hydrogen) atoms. The highest BCUT2D eigenvalue weighted by atomic mass is 16.8. The lowest BCUT2D eigenvalue weighted by molar-refractivity contribution is -0.387. The Balaban J connectivity index is 1.43. The summed E-state index contributed by atoms with van der Waals surface area (Å²) in [6.07, 6.45) is -33.8. The molecule has 4 aliphatic heterocycles. The van der Waals surface area contributed by atoms with Gasteiger partial charge in [-0.3, -0.25) is 0 Å². The molecule has 0 amide bonds. The van der Waals surface area contributed by atoms with Gasteiger partial charge in [0.25, 0.3) is 0 Å². The van der Waals surface area contributed by atoms with E-state index in [1.54, 1.807) is 0 Å². The molecule has 0 aromatic heterocycles. The van der Waals surface area contributed by atoms with Crippen LogP contribution in [0.5, 0.6) is 0 Å². The van der Waals surface area contributed by atoms with Crippen molar-refractivity contribution >= 4 is 0 Å². The van der Waals surface area contributed by atoms with Crippen LogP contribution in [-0.2, 0) is 37.9 Å². The van der Waals surface area contributed by atoms with Gasteiger partial charge in [-0.05, 0) is 0 Å². The van der Waals surface area contributed by atoms with Crippen molar-refractivity contribution in [1.82, 2.24) is 0 Å². The molecule has 270 valence electrons. The zero-order chi connectivity index (χ0) is 34.0. The van der Waals surface area contributed by atoms with Crippen LogP contribution < -0.4 is 0 Å². The van der Waals surface area contributed by atoms with Gasteiger partial charge in [-0.25, -0.2) is 0 Å². The summed E-state index contributed by atoms with van der Waals surface area (Å²) < 4.78 is 43.2. The number of rotatable bonds is 11. The largest absolute Gasteiger partial charge is 0.394 e. The molecule has 0 radical (unpaired) electrons. The number of ether oxygens (including phenoxy) is 8. The van der Waals surface area contributed by atoms with Gasteiger partial charge < -0.3 is 104 Å². The van der Waals surface area contributed by atoms with Gasteiger partial charge in [0.2, 0.25) is 0 Å². The molecule has 4 heterocycles. The van der Waals surface area contributed by atoms with E-state index in [1.165, 1.54) is 7.11 Å². The van der Waals surface area contributed by atoms with Gasteiger partial charge in [-0.15, -0.1) is 0 Å². The van der Waals surface area contributed by atoms with Crippen molar-refractivity contribution in [3.8, 4) is 0 Å². The standard InChI is InChI=1S/C25H44O21/c1-39-18-6(2-26)41-23(15(35)11(18)31)45-20-8(4-28)43-25(17(37)13(20)33)46-21-9(5-29)42-24(16(36)12(21)32)44-19-7(3-27)40-22(38)14(34)10(19)30/h6-38H,2-5H2,1H3/t6?,7?,8?,9?,10?,11?,12?,13?,14?,15?,16?,17?,18-,19-,20-,21-,22-,23+,24+,25+/m1/s1. The van der Waals surface area contributed by atoms with E-state index in [0.717, 1.165) is 0 Å². The van der Waals surface area contributed by atoms with Crippen LogP contribution in [0.1, 0.15) is 0 Å². The maximum Gasteiger partial charge on any atom is 0.187 e.